The molecule has 3 N–H and O–H groups in total. The van der Waals surface area contributed by atoms with Gasteiger partial charge in [-0.05, 0) is 37.6 Å². The maximum absolute atomic E-state index is 12.2. The Labute approximate surface area is 140 Å². The third-order valence-corrected chi connectivity index (χ3v) is 4.08. The van der Waals surface area contributed by atoms with Crippen molar-refractivity contribution >= 4 is 23.6 Å². The van der Waals surface area contributed by atoms with E-state index < -0.39 is 11.4 Å². The second-order valence-electron chi connectivity index (χ2n) is 6.04. The van der Waals surface area contributed by atoms with Gasteiger partial charge in [0, 0.05) is 30.9 Å². The topological polar surface area (TPSA) is 98.7 Å². The molecule has 0 bridgehead atoms. The Kier molecular flexibility index (Phi) is 5.23. The summed E-state index contributed by atoms with van der Waals surface area (Å²) in [4.78, 5) is 36.7. The van der Waals surface area contributed by atoms with Gasteiger partial charge in [0.05, 0.1) is 5.41 Å². The minimum atomic E-state index is -0.898. The summed E-state index contributed by atoms with van der Waals surface area (Å²) in [6.45, 7) is 6.13. The number of nitrogens with zero attached hydrogens (tertiary/aromatic N) is 1. The van der Waals surface area contributed by atoms with Crippen molar-refractivity contribution in [3.05, 3.63) is 42.5 Å². The van der Waals surface area contributed by atoms with Crippen molar-refractivity contribution in [2.24, 2.45) is 5.41 Å². The van der Waals surface area contributed by atoms with Crippen LogP contribution in [0.15, 0.2) is 36.9 Å². The summed E-state index contributed by atoms with van der Waals surface area (Å²) >= 11 is 0. The van der Waals surface area contributed by atoms with Crippen LogP contribution in [0.4, 0.5) is 10.5 Å². The Bertz CT molecular complexity index is 656. The molecule has 1 aromatic carbocycles. The van der Waals surface area contributed by atoms with Gasteiger partial charge in [-0.25, -0.2) is 4.79 Å². The van der Waals surface area contributed by atoms with Crippen LogP contribution in [0.2, 0.25) is 0 Å². The van der Waals surface area contributed by atoms with E-state index in [1.807, 2.05) is 0 Å². The summed E-state index contributed by atoms with van der Waals surface area (Å²) in [5.74, 6) is -1.11. The molecule has 7 heteroatoms. The third kappa shape index (κ3) is 3.92. The van der Waals surface area contributed by atoms with Crippen molar-refractivity contribution < 1.29 is 19.5 Å². The van der Waals surface area contributed by atoms with Crippen molar-refractivity contribution in [2.45, 2.75) is 13.3 Å². The first-order valence-electron chi connectivity index (χ1n) is 7.64. The Balaban J connectivity index is 1.94. The summed E-state index contributed by atoms with van der Waals surface area (Å²) < 4.78 is 0. The summed E-state index contributed by atoms with van der Waals surface area (Å²) in [6.07, 6.45) is 2.02. The summed E-state index contributed by atoms with van der Waals surface area (Å²) in [5.41, 5.74) is 0.128. The highest BCUT2D eigenvalue weighted by molar-refractivity contribution is 5.95. The van der Waals surface area contributed by atoms with Crippen LogP contribution in [0.3, 0.4) is 0 Å². The van der Waals surface area contributed by atoms with Gasteiger partial charge in [0.25, 0.3) is 5.91 Å². The van der Waals surface area contributed by atoms with Crippen molar-refractivity contribution in [3.8, 4) is 0 Å². The van der Waals surface area contributed by atoms with Crippen molar-refractivity contribution in [2.75, 3.05) is 25.0 Å². The fraction of sp³-hybridized carbons (Fsp3) is 0.353. The first kappa shape index (κ1) is 17.5. The van der Waals surface area contributed by atoms with Crippen molar-refractivity contribution in [3.63, 3.8) is 0 Å². The summed E-state index contributed by atoms with van der Waals surface area (Å²) in [5, 5.41) is 14.6. The van der Waals surface area contributed by atoms with Gasteiger partial charge < -0.3 is 20.6 Å². The van der Waals surface area contributed by atoms with Gasteiger partial charge in [0.2, 0.25) is 0 Å². The zero-order valence-corrected chi connectivity index (χ0v) is 13.5. The zero-order chi connectivity index (χ0) is 17.7. The second kappa shape index (κ2) is 7.16. The minimum Gasteiger partial charge on any atom is -0.481 e. The standard InChI is InChI=1S/C17H21N3O4/c1-3-9-18-14(21)12-4-6-13(7-5-12)19-16(24)20-10-8-17(2,11-20)15(22)23/h3-7H,1,8-11H2,2H3,(H,18,21)(H,19,24)(H,22,23)/t17-/m0/s1. The van der Waals surface area contributed by atoms with Gasteiger partial charge in [-0.1, -0.05) is 6.08 Å². The molecular weight excluding hydrogens is 310 g/mol. The Hall–Kier alpha value is -2.83. The number of carbonyl (C=O) groups is 3. The Morgan fingerprint density at radius 2 is 2.00 bits per heavy atom. The molecule has 1 fully saturated rings. The molecule has 0 aromatic heterocycles. The largest absolute Gasteiger partial charge is 0.481 e. The molecule has 1 aliphatic heterocycles. The average molecular weight is 331 g/mol. The minimum absolute atomic E-state index is 0.177. The van der Waals surface area contributed by atoms with Crippen LogP contribution in [0.5, 0.6) is 0 Å². The number of carbonyl (C=O) groups excluding carboxylic acids is 2. The maximum Gasteiger partial charge on any atom is 0.321 e. The molecule has 0 radical (unpaired) electrons. The predicted octanol–water partition coefficient (Wildman–Crippen LogP) is 1.93. The highest BCUT2D eigenvalue weighted by atomic mass is 16.4. The van der Waals surface area contributed by atoms with E-state index in [-0.39, 0.29) is 18.5 Å². The molecule has 0 unspecified atom stereocenters. The molecule has 0 saturated carbocycles. The summed E-state index contributed by atoms with van der Waals surface area (Å²) in [6, 6.07) is 6.14. The molecule has 1 atom stereocenters. The van der Waals surface area contributed by atoms with E-state index in [0.29, 0.717) is 30.8 Å². The number of benzene rings is 1. The molecular formula is C17H21N3O4. The van der Waals surface area contributed by atoms with Gasteiger partial charge in [-0.3, -0.25) is 9.59 Å². The van der Waals surface area contributed by atoms with Crippen LogP contribution in [0.25, 0.3) is 0 Å². The number of likely N-dealkylation sites (tertiary alicyclic amines) is 1. The molecule has 128 valence electrons. The van der Waals surface area contributed by atoms with Crippen LogP contribution >= 0.6 is 0 Å². The molecule has 7 nitrogen and oxygen atoms in total. The lowest BCUT2D eigenvalue weighted by Crippen LogP contribution is -2.37. The maximum atomic E-state index is 12.2. The van der Waals surface area contributed by atoms with E-state index in [1.54, 1.807) is 37.3 Å². The molecule has 2 rings (SSSR count). The van der Waals surface area contributed by atoms with Gasteiger partial charge in [0.15, 0.2) is 0 Å². The van der Waals surface area contributed by atoms with Crippen molar-refractivity contribution in [1.29, 1.82) is 0 Å². The number of urea groups is 1. The quantitative estimate of drug-likeness (QED) is 0.718. The number of nitrogens with one attached hydrogen (secondary N) is 2. The van der Waals surface area contributed by atoms with Gasteiger partial charge in [0.1, 0.15) is 0 Å². The Morgan fingerprint density at radius 1 is 1.33 bits per heavy atom. The van der Waals surface area contributed by atoms with E-state index in [2.05, 4.69) is 17.2 Å². The number of anilines is 1. The van der Waals surface area contributed by atoms with Crippen LogP contribution in [-0.2, 0) is 4.79 Å². The lowest BCUT2D eigenvalue weighted by molar-refractivity contribution is -0.146. The average Bonchev–Trinajstić information content (AvgIpc) is 2.97. The first-order chi connectivity index (χ1) is 11.4. The zero-order valence-electron chi connectivity index (χ0n) is 13.5. The van der Waals surface area contributed by atoms with E-state index >= 15 is 0 Å². The molecule has 0 spiro atoms. The molecule has 3 amide bonds. The smallest absolute Gasteiger partial charge is 0.321 e. The lowest BCUT2D eigenvalue weighted by atomic mass is 9.90. The third-order valence-electron chi connectivity index (χ3n) is 4.08. The molecule has 0 aliphatic carbocycles. The number of hydrogen-bond acceptors (Lipinski definition) is 3. The fourth-order valence-electron chi connectivity index (χ4n) is 2.48. The molecule has 1 aliphatic rings. The SMILES string of the molecule is C=CCNC(=O)c1ccc(NC(=O)N2CC[C@](C)(C(=O)O)C2)cc1. The number of carboxylic acids is 1. The molecule has 24 heavy (non-hydrogen) atoms. The monoisotopic (exact) mass is 331 g/mol. The molecule has 1 saturated heterocycles. The molecule has 1 aromatic rings. The first-order valence-corrected chi connectivity index (χ1v) is 7.64. The van der Waals surface area contributed by atoms with E-state index in [9.17, 15) is 19.5 Å². The van der Waals surface area contributed by atoms with Crippen LogP contribution < -0.4 is 10.6 Å². The van der Waals surface area contributed by atoms with Crippen LogP contribution in [0, 0.1) is 5.41 Å². The fourth-order valence-corrected chi connectivity index (χ4v) is 2.48. The number of aliphatic carboxylic acids is 1. The Morgan fingerprint density at radius 3 is 2.54 bits per heavy atom. The van der Waals surface area contributed by atoms with Gasteiger partial charge >= 0.3 is 12.0 Å². The van der Waals surface area contributed by atoms with Gasteiger partial charge in [-0.2, -0.15) is 0 Å². The number of hydrogen-bond donors (Lipinski definition) is 3. The number of rotatable bonds is 5. The normalized spacial score (nSPS) is 19.6. The molecule has 1 heterocycles. The highest BCUT2D eigenvalue weighted by Crippen LogP contribution is 2.30. The van der Waals surface area contributed by atoms with E-state index in [4.69, 9.17) is 0 Å². The number of carboxylic acid groups (broad SMARTS) is 1. The lowest BCUT2D eigenvalue weighted by Gasteiger charge is -2.20. The van der Waals surface area contributed by atoms with Gasteiger partial charge in [-0.15, -0.1) is 6.58 Å². The second-order valence-corrected chi connectivity index (χ2v) is 6.04. The number of amides is 3. The summed E-state index contributed by atoms with van der Waals surface area (Å²) in [7, 11) is 0. The van der Waals surface area contributed by atoms with E-state index in [0.717, 1.165) is 0 Å². The van der Waals surface area contributed by atoms with Crippen LogP contribution in [0.1, 0.15) is 23.7 Å². The predicted molar refractivity (Wildman–Crippen MR) is 89.9 cm³/mol. The van der Waals surface area contributed by atoms with Crippen LogP contribution in [-0.4, -0.2) is 47.5 Å². The highest BCUT2D eigenvalue weighted by Gasteiger charge is 2.42. The van der Waals surface area contributed by atoms with E-state index in [1.165, 1.54) is 4.90 Å². The van der Waals surface area contributed by atoms with Crippen molar-refractivity contribution in [1.82, 2.24) is 10.2 Å².